The van der Waals surface area contributed by atoms with Gasteiger partial charge in [-0.15, -0.1) is 13.2 Å². The summed E-state index contributed by atoms with van der Waals surface area (Å²) in [5.41, 5.74) is 0.0353. The van der Waals surface area contributed by atoms with E-state index in [1.54, 1.807) is 0 Å². The van der Waals surface area contributed by atoms with E-state index in [2.05, 4.69) is 50.4 Å². The molecule has 0 bridgehead atoms. The molecule has 2 rings (SSSR count). The van der Waals surface area contributed by atoms with Crippen LogP contribution in [0, 0.1) is 5.41 Å². The van der Waals surface area contributed by atoms with Crippen molar-refractivity contribution in [2.24, 2.45) is 5.41 Å². The normalized spacial score (nSPS) is 28.9. The predicted molar refractivity (Wildman–Crippen MR) is 81.0 cm³/mol. The van der Waals surface area contributed by atoms with Crippen LogP contribution < -0.4 is 9.47 Å². The maximum atomic E-state index is 12.2. The highest BCUT2D eigenvalue weighted by Gasteiger charge is 2.50. The van der Waals surface area contributed by atoms with E-state index >= 15 is 0 Å². The number of rotatable bonds is 4. The molecule has 7 heteroatoms. The SMILES string of the molecule is CCC1(C)C(Br)CC1Oc1ccc(OC(F)(F)F)c(Br)c1. The number of benzene rings is 1. The molecule has 3 unspecified atom stereocenters. The van der Waals surface area contributed by atoms with Gasteiger partial charge in [0.1, 0.15) is 17.6 Å². The van der Waals surface area contributed by atoms with E-state index in [4.69, 9.17) is 4.74 Å². The molecule has 1 aromatic carbocycles. The number of halogens is 5. The Morgan fingerprint density at radius 2 is 2.05 bits per heavy atom. The molecule has 1 saturated carbocycles. The highest BCUT2D eigenvalue weighted by Crippen LogP contribution is 2.50. The summed E-state index contributed by atoms with van der Waals surface area (Å²) in [5, 5.41) is 0. The van der Waals surface area contributed by atoms with Crippen molar-refractivity contribution in [3.05, 3.63) is 22.7 Å². The molecule has 1 aliphatic carbocycles. The van der Waals surface area contributed by atoms with Crippen LogP contribution in [0.5, 0.6) is 11.5 Å². The lowest BCUT2D eigenvalue weighted by Crippen LogP contribution is -2.54. The van der Waals surface area contributed by atoms with Crippen LogP contribution in [0.15, 0.2) is 22.7 Å². The van der Waals surface area contributed by atoms with Gasteiger partial charge in [-0.05, 0) is 47.0 Å². The molecular weight excluding hydrogens is 417 g/mol. The Morgan fingerprint density at radius 1 is 1.38 bits per heavy atom. The Kier molecular flexibility index (Phi) is 4.83. The molecule has 118 valence electrons. The third-order valence-electron chi connectivity index (χ3n) is 4.04. The Morgan fingerprint density at radius 3 is 2.52 bits per heavy atom. The van der Waals surface area contributed by atoms with Gasteiger partial charge in [0.05, 0.1) is 4.47 Å². The van der Waals surface area contributed by atoms with Gasteiger partial charge in [-0.3, -0.25) is 0 Å². The standard InChI is InChI=1S/C14H15Br2F3O2/c1-3-13(2)11(16)7-12(13)20-8-4-5-10(9(15)6-8)21-14(17,18)19/h4-6,11-12H,3,7H2,1-2H3. The first-order valence-electron chi connectivity index (χ1n) is 6.51. The van der Waals surface area contributed by atoms with E-state index in [0.717, 1.165) is 12.8 Å². The van der Waals surface area contributed by atoms with Gasteiger partial charge < -0.3 is 9.47 Å². The summed E-state index contributed by atoms with van der Waals surface area (Å²) < 4.78 is 46.6. The molecule has 0 radical (unpaired) electrons. The van der Waals surface area contributed by atoms with Gasteiger partial charge in [-0.25, -0.2) is 0 Å². The quantitative estimate of drug-likeness (QED) is 0.571. The van der Waals surface area contributed by atoms with E-state index in [0.29, 0.717) is 10.6 Å². The molecule has 2 nitrogen and oxygen atoms in total. The minimum absolute atomic E-state index is 0.0353. The molecule has 0 heterocycles. The van der Waals surface area contributed by atoms with Crippen LogP contribution in [0.4, 0.5) is 13.2 Å². The minimum Gasteiger partial charge on any atom is -0.490 e. The average molecular weight is 432 g/mol. The van der Waals surface area contributed by atoms with Gasteiger partial charge in [-0.1, -0.05) is 29.8 Å². The van der Waals surface area contributed by atoms with Crippen LogP contribution in [0.3, 0.4) is 0 Å². The van der Waals surface area contributed by atoms with Crippen molar-refractivity contribution in [1.29, 1.82) is 0 Å². The topological polar surface area (TPSA) is 18.5 Å². The second-order valence-electron chi connectivity index (χ2n) is 5.31. The van der Waals surface area contributed by atoms with Crippen molar-refractivity contribution < 1.29 is 22.6 Å². The summed E-state index contributed by atoms with van der Waals surface area (Å²) in [6, 6.07) is 4.24. The molecule has 1 fully saturated rings. The maximum Gasteiger partial charge on any atom is 0.573 e. The highest BCUT2D eigenvalue weighted by molar-refractivity contribution is 9.10. The molecular formula is C14H15Br2F3O2. The predicted octanol–water partition coefficient (Wildman–Crippen LogP) is 5.68. The Bertz CT molecular complexity index is 521. The van der Waals surface area contributed by atoms with Crippen molar-refractivity contribution >= 4 is 31.9 Å². The second-order valence-corrected chi connectivity index (χ2v) is 7.27. The van der Waals surface area contributed by atoms with E-state index in [-0.39, 0.29) is 21.7 Å². The summed E-state index contributed by atoms with van der Waals surface area (Å²) in [7, 11) is 0. The maximum absolute atomic E-state index is 12.2. The van der Waals surface area contributed by atoms with Gasteiger partial charge in [0, 0.05) is 10.2 Å². The summed E-state index contributed by atoms with van der Waals surface area (Å²) in [4.78, 5) is 0.399. The van der Waals surface area contributed by atoms with Gasteiger partial charge in [0.2, 0.25) is 0 Å². The first-order chi connectivity index (χ1) is 9.65. The summed E-state index contributed by atoms with van der Waals surface area (Å²) in [5.74, 6) is 0.251. The van der Waals surface area contributed by atoms with Crippen LogP contribution in [0.2, 0.25) is 0 Å². The van der Waals surface area contributed by atoms with Crippen molar-refractivity contribution in [3.63, 3.8) is 0 Å². The zero-order valence-corrected chi connectivity index (χ0v) is 14.7. The molecule has 3 atom stereocenters. The lowest BCUT2D eigenvalue weighted by Gasteiger charge is -2.50. The van der Waals surface area contributed by atoms with E-state index < -0.39 is 6.36 Å². The van der Waals surface area contributed by atoms with Gasteiger partial charge >= 0.3 is 6.36 Å². The van der Waals surface area contributed by atoms with Crippen LogP contribution in [0.25, 0.3) is 0 Å². The van der Waals surface area contributed by atoms with Crippen LogP contribution >= 0.6 is 31.9 Å². The van der Waals surface area contributed by atoms with Gasteiger partial charge in [0.25, 0.3) is 0 Å². The molecule has 1 aliphatic rings. The third kappa shape index (κ3) is 3.67. The van der Waals surface area contributed by atoms with Gasteiger partial charge in [-0.2, -0.15) is 0 Å². The minimum atomic E-state index is -4.71. The molecule has 0 aromatic heterocycles. The van der Waals surface area contributed by atoms with Crippen molar-refractivity contribution in [3.8, 4) is 11.5 Å². The summed E-state index contributed by atoms with van der Waals surface area (Å²) >= 11 is 6.69. The molecule has 0 amide bonds. The largest absolute Gasteiger partial charge is 0.573 e. The van der Waals surface area contributed by atoms with Crippen molar-refractivity contribution in [1.82, 2.24) is 0 Å². The summed E-state index contributed by atoms with van der Waals surface area (Å²) in [6.07, 6.45) is -2.82. The number of alkyl halides is 4. The molecule has 1 aromatic rings. The van der Waals surface area contributed by atoms with Crippen LogP contribution in [-0.2, 0) is 0 Å². The fourth-order valence-electron chi connectivity index (χ4n) is 2.33. The lowest BCUT2D eigenvalue weighted by molar-refractivity contribution is -0.274. The number of hydrogen-bond acceptors (Lipinski definition) is 2. The zero-order chi connectivity index (χ0) is 15.8. The highest BCUT2D eigenvalue weighted by atomic mass is 79.9. The molecule has 0 spiro atoms. The smallest absolute Gasteiger partial charge is 0.490 e. The number of hydrogen-bond donors (Lipinski definition) is 0. The monoisotopic (exact) mass is 430 g/mol. The summed E-state index contributed by atoms with van der Waals surface area (Å²) in [6.45, 7) is 4.23. The number of ether oxygens (including phenoxy) is 2. The first kappa shape index (κ1) is 16.9. The Hall–Kier alpha value is -0.430. The second kappa shape index (κ2) is 5.99. The van der Waals surface area contributed by atoms with Crippen molar-refractivity contribution in [2.75, 3.05) is 0 Å². The Labute approximate surface area is 138 Å². The lowest BCUT2D eigenvalue weighted by atomic mass is 9.65. The first-order valence-corrected chi connectivity index (χ1v) is 8.22. The molecule has 0 saturated heterocycles. The third-order valence-corrected chi connectivity index (χ3v) is 6.08. The molecule has 0 aliphatic heterocycles. The van der Waals surface area contributed by atoms with Crippen LogP contribution in [-0.4, -0.2) is 17.3 Å². The molecule has 0 N–H and O–H groups in total. The fraction of sp³-hybridized carbons (Fsp3) is 0.571. The Balaban J connectivity index is 2.08. The van der Waals surface area contributed by atoms with E-state index in [1.807, 2.05) is 0 Å². The van der Waals surface area contributed by atoms with E-state index in [1.165, 1.54) is 18.2 Å². The zero-order valence-electron chi connectivity index (χ0n) is 11.5. The van der Waals surface area contributed by atoms with Gasteiger partial charge in [0.15, 0.2) is 0 Å². The van der Waals surface area contributed by atoms with Crippen LogP contribution in [0.1, 0.15) is 26.7 Å². The van der Waals surface area contributed by atoms with E-state index in [9.17, 15) is 13.2 Å². The average Bonchev–Trinajstić information content (AvgIpc) is 2.39. The molecule has 21 heavy (non-hydrogen) atoms. The fourth-order valence-corrected chi connectivity index (χ4v) is 3.72. The van der Waals surface area contributed by atoms with Crippen molar-refractivity contribution in [2.45, 2.75) is 44.0 Å².